The fourth-order valence-corrected chi connectivity index (χ4v) is 10.0. The van der Waals surface area contributed by atoms with E-state index < -0.39 is 7.29 Å². The highest BCUT2D eigenvalue weighted by molar-refractivity contribution is 7.81. The zero-order valence-electron chi connectivity index (χ0n) is 22.4. The second-order valence-corrected chi connectivity index (χ2v) is 13.0. The summed E-state index contributed by atoms with van der Waals surface area (Å²) in [5, 5.41) is 3.03. The summed E-state index contributed by atoms with van der Waals surface area (Å²) in [6.45, 7) is 4.25. The third kappa shape index (κ3) is 2.93. The molecule has 8 rings (SSSR count). The zero-order valence-corrected chi connectivity index (χ0v) is 23.3. The molecule has 2 aliphatic heterocycles. The molecule has 5 aromatic carbocycles. The highest BCUT2D eigenvalue weighted by Crippen LogP contribution is 2.65. The van der Waals surface area contributed by atoms with E-state index in [2.05, 4.69) is 120 Å². The van der Waals surface area contributed by atoms with Crippen LogP contribution in [0.5, 0.6) is 0 Å². The first-order valence-electron chi connectivity index (χ1n) is 13.7. The van der Waals surface area contributed by atoms with Crippen LogP contribution in [0.2, 0.25) is 0 Å². The van der Waals surface area contributed by atoms with Gasteiger partial charge in [-0.2, -0.15) is 0 Å². The first-order chi connectivity index (χ1) is 19.6. The molecular weight excluding hydrogens is 507 g/mol. The molecule has 3 heterocycles. The van der Waals surface area contributed by atoms with E-state index in [1.54, 1.807) is 0 Å². The first-order valence-corrected chi connectivity index (χ1v) is 15.4. The molecule has 0 radical (unpaired) electrons. The van der Waals surface area contributed by atoms with Crippen LogP contribution in [0.15, 0.2) is 121 Å². The number of nitrogens with zero attached hydrogens (tertiary/aromatic N) is 2. The lowest BCUT2D eigenvalue weighted by Crippen LogP contribution is -2.37. The molecule has 4 heteroatoms. The van der Waals surface area contributed by atoms with Gasteiger partial charge in [-0.05, 0) is 67.4 Å². The summed E-state index contributed by atoms with van der Waals surface area (Å²) in [6, 6.07) is 40.0. The maximum absolute atomic E-state index is 15.6. The third-order valence-corrected chi connectivity index (χ3v) is 11.5. The Kier molecular flexibility index (Phi) is 4.93. The standard InChI is InChI=1S/C36H27N2OP/c1-3-12-26-24(2)37(32-17-8-4-13-27(26)32)25-21-22-34-31(23-25)30-16-7-11-20-36(30)40(39)35-19-10-6-15-29(35)28-14-5-9-18-33(28)38(34)40/h3-23H,1-2H3/b12-3-. The monoisotopic (exact) mass is 534 g/mol. The van der Waals surface area contributed by atoms with Crippen LogP contribution in [0.25, 0.3) is 44.9 Å². The molecule has 0 bridgehead atoms. The van der Waals surface area contributed by atoms with Gasteiger partial charge in [-0.25, -0.2) is 0 Å². The summed E-state index contributed by atoms with van der Waals surface area (Å²) >= 11 is 0. The van der Waals surface area contributed by atoms with Crippen LogP contribution in [0, 0.1) is 6.92 Å². The summed E-state index contributed by atoms with van der Waals surface area (Å²) < 4.78 is 20.0. The Bertz CT molecular complexity index is 2080. The van der Waals surface area contributed by atoms with Gasteiger partial charge >= 0.3 is 0 Å². The number of aromatic nitrogens is 1. The van der Waals surface area contributed by atoms with Crippen molar-refractivity contribution in [2.24, 2.45) is 0 Å². The van der Waals surface area contributed by atoms with Gasteiger partial charge < -0.3 is 4.57 Å². The van der Waals surface area contributed by atoms with E-state index >= 15 is 4.57 Å². The molecule has 0 saturated carbocycles. The number of fused-ring (bicyclic) bond motifs is 12. The lowest BCUT2D eigenvalue weighted by atomic mass is 9.99. The van der Waals surface area contributed by atoms with Crippen molar-refractivity contribution in [3.8, 4) is 27.9 Å². The highest BCUT2D eigenvalue weighted by Gasteiger charge is 2.47. The number of anilines is 2. The zero-order chi connectivity index (χ0) is 27.0. The first kappa shape index (κ1) is 23.3. The van der Waals surface area contributed by atoms with E-state index in [4.69, 9.17) is 0 Å². The molecule has 0 spiro atoms. The van der Waals surface area contributed by atoms with Gasteiger partial charge in [-0.3, -0.25) is 9.24 Å². The number of hydrogen-bond donors (Lipinski definition) is 0. The van der Waals surface area contributed by atoms with Gasteiger partial charge in [0.25, 0.3) is 0 Å². The Morgan fingerprint density at radius 3 is 2.00 bits per heavy atom. The summed E-state index contributed by atoms with van der Waals surface area (Å²) in [5.74, 6) is 0. The number of allylic oxidation sites excluding steroid dienone is 1. The molecule has 0 N–H and O–H groups in total. The molecular formula is C36H27N2OP. The van der Waals surface area contributed by atoms with Gasteiger partial charge in [0, 0.05) is 44.1 Å². The molecule has 0 aliphatic carbocycles. The summed E-state index contributed by atoms with van der Waals surface area (Å²) in [6.07, 6.45) is 4.30. The van der Waals surface area contributed by atoms with E-state index in [9.17, 15) is 0 Å². The SMILES string of the molecule is C/C=C\c1c(C)n(-c2ccc3c(c2)-c2ccccc2P2(=O)c4ccccc4-c4ccccc4N32)c2ccccc12. The molecule has 3 nitrogen and oxygen atoms in total. The maximum Gasteiger partial charge on any atom is 0.235 e. The topological polar surface area (TPSA) is 25.2 Å². The second kappa shape index (κ2) is 8.45. The van der Waals surface area contributed by atoms with E-state index in [0.717, 1.165) is 49.9 Å². The van der Waals surface area contributed by atoms with Crippen LogP contribution < -0.4 is 15.3 Å². The van der Waals surface area contributed by atoms with Crippen molar-refractivity contribution in [2.75, 3.05) is 4.67 Å². The van der Waals surface area contributed by atoms with Gasteiger partial charge in [0.15, 0.2) is 0 Å². The van der Waals surface area contributed by atoms with Gasteiger partial charge in [0.05, 0.1) is 16.9 Å². The van der Waals surface area contributed by atoms with Crippen LogP contribution in [-0.2, 0) is 4.57 Å². The minimum atomic E-state index is -3.19. The lowest BCUT2D eigenvalue weighted by Gasteiger charge is -2.44. The second-order valence-electron chi connectivity index (χ2n) is 10.5. The molecule has 1 unspecified atom stereocenters. The molecule has 0 fully saturated rings. The van der Waals surface area contributed by atoms with Gasteiger partial charge in [0.2, 0.25) is 7.29 Å². The lowest BCUT2D eigenvalue weighted by molar-refractivity contribution is 0.586. The maximum atomic E-state index is 15.6. The minimum absolute atomic E-state index is 0.894. The summed E-state index contributed by atoms with van der Waals surface area (Å²) in [5.41, 5.74) is 11.0. The predicted octanol–water partition coefficient (Wildman–Crippen LogP) is 9.00. The molecule has 1 atom stereocenters. The van der Waals surface area contributed by atoms with Gasteiger partial charge in [-0.1, -0.05) is 84.9 Å². The van der Waals surface area contributed by atoms with E-state index in [-0.39, 0.29) is 0 Å². The smallest absolute Gasteiger partial charge is 0.235 e. The minimum Gasteiger partial charge on any atom is -0.313 e. The number of rotatable bonds is 2. The molecule has 0 saturated heterocycles. The van der Waals surface area contributed by atoms with Crippen LogP contribution in [0.1, 0.15) is 18.2 Å². The number of hydrogen-bond acceptors (Lipinski definition) is 1. The highest BCUT2D eigenvalue weighted by atomic mass is 31.2. The van der Waals surface area contributed by atoms with Crippen molar-refractivity contribution in [2.45, 2.75) is 13.8 Å². The quantitative estimate of drug-likeness (QED) is 0.207. The normalized spacial score (nSPS) is 16.8. The summed E-state index contributed by atoms with van der Waals surface area (Å²) in [4.78, 5) is 0. The molecule has 0 amide bonds. The van der Waals surface area contributed by atoms with Crippen molar-refractivity contribution in [1.29, 1.82) is 0 Å². The third-order valence-electron chi connectivity index (χ3n) is 8.42. The number of benzene rings is 5. The van der Waals surface area contributed by atoms with E-state index in [1.807, 2.05) is 30.3 Å². The van der Waals surface area contributed by atoms with Gasteiger partial charge in [-0.15, -0.1) is 0 Å². The molecule has 40 heavy (non-hydrogen) atoms. The van der Waals surface area contributed by atoms with Crippen LogP contribution in [-0.4, -0.2) is 4.57 Å². The van der Waals surface area contributed by atoms with Crippen molar-refractivity contribution >= 4 is 46.3 Å². The van der Waals surface area contributed by atoms with Crippen molar-refractivity contribution < 1.29 is 4.57 Å². The Hall–Kier alpha value is -4.59. The molecule has 2 aliphatic rings. The Morgan fingerprint density at radius 1 is 0.650 bits per heavy atom. The molecule has 1 aromatic heterocycles. The number of para-hydroxylation sites is 2. The van der Waals surface area contributed by atoms with Crippen LogP contribution in [0.3, 0.4) is 0 Å². The van der Waals surface area contributed by atoms with Crippen molar-refractivity contribution in [1.82, 2.24) is 4.57 Å². The Morgan fingerprint density at radius 2 is 1.25 bits per heavy atom. The van der Waals surface area contributed by atoms with Crippen molar-refractivity contribution in [3.05, 3.63) is 133 Å². The average Bonchev–Trinajstić information content (AvgIpc) is 3.28. The summed E-state index contributed by atoms with van der Waals surface area (Å²) in [7, 11) is -3.19. The fraction of sp³-hybridized carbons (Fsp3) is 0.0556. The molecule has 6 aromatic rings. The molecule has 192 valence electrons. The largest absolute Gasteiger partial charge is 0.313 e. The van der Waals surface area contributed by atoms with Crippen LogP contribution >= 0.6 is 7.29 Å². The fourth-order valence-electron chi connectivity index (χ4n) is 6.76. The van der Waals surface area contributed by atoms with E-state index in [0.29, 0.717) is 0 Å². The van der Waals surface area contributed by atoms with Gasteiger partial charge in [0.1, 0.15) is 0 Å². The Balaban J connectivity index is 1.45. The average molecular weight is 535 g/mol. The Labute approximate surface area is 234 Å². The predicted molar refractivity (Wildman–Crippen MR) is 169 cm³/mol. The van der Waals surface area contributed by atoms with Crippen LogP contribution in [0.4, 0.5) is 11.4 Å². The van der Waals surface area contributed by atoms with Crippen molar-refractivity contribution in [3.63, 3.8) is 0 Å². The van der Waals surface area contributed by atoms with E-state index in [1.165, 1.54) is 22.2 Å².